The molecule has 0 aromatic heterocycles. The van der Waals surface area contributed by atoms with E-state index in [1.165, 1.54) is 11.1 Å². The van der Waals surface area contributed by atoms with Gasteiger partial charge in [0.2, 0.25) is 0 Å². The highest BCUT2D eigenvalue weighted by molar-refractivity contribution is 5.99. The highest BCUT2D eigenvalue weighted by atomic mass is 16.1. The smallest absolute Gasteiger partial charge is 0.166 e. The van der Waals surface area contributed by atoms with Gasteiger partial charge < -0.3 is 0 Å². The molecular formula is C15H16O. The Morgan fingerprint density at radius 1 is 1.19 bits per heavy atom. The Labute approximate surface area is 96.5 Å². The molecule has 1 heteroatoms. The molecule has 0 spiro atoms. The highest BCUT2D eigenvalue weighted by Gasteiger charge is 2.25. The van der Waals surface area contributed by atoms with E-state index < -0.39 is 0 Å². The van der Waals surface area contributed by atoms with Crippen molar-refractivity contribution in [1.29, 1.82) is 0 Å². The van der Waals surface area contributed by atoms with Gasteiger partial charge in [0.15, 0.2) is 5.78 Å². The number of carbonyl (C=O) groups is 1. The predicted molar refractivity (Wildman–Crippen MR) is 66.3 cm³/mol. The fourth-order valence-electron chi connectivity index (χ4n) is 2.19. The molecule has 0 bridgehead atoms. The van der Waals surface area contributed by atoms with Crippen LogP contribution in [0, 0.1) is 0 Å². The lowest BCUT2D eigenvalue weighted by atomic mass is 9.80. The maximum Gasteiger partial charge on any atom is 0.166 e. The summed E-state index contributed by atoms with van der Waals surface area (Å²) >= 11 is 0. The van der Waals surface area contributed by atoms with E-state index in [4.69, 9.17) is 0 Å². The number of carbonyl (C=O) groups excluding carboxylic acids is 1. The van der Waals surface area contributed by atoms with Crippen LogP contribution in [0.2, 0.25) is 0 Å². The molecule has 0 N–H and O–H groups in total. The number of hydrogen-bond donors (Lipinski definition) is 0. The number of hydrogen-bond acceptors (Lipinski definition) is 1. The third-order valence-electron chi connectivity index (χ3n) is 3.03. The van der Waals surface area contributed by atoms with Crippen LogP contribution in [0.25, 0.3) is 0 Å². The van der Waals surface area contributed by atoms with Crippen LogP contribution in [0.15, 0.2) is 53.6 Å². The Kier molecular flexibility index (Phi) is 3.04. The van der Waals surface area contributed by atoms with Gasteiger partial charge in [-0.3, -0.25) is 4.79 Å². The topological polar surface area (TPSA) is 17.1 Å². The van der Waals surface area contributed by atoms with Crippen molar-refractivity contribution in [1.82, 2.24) is 0 Å². The van der Waals surface area contributed by atoms with Crippen LogP contribution in [0.4, 0.5) is 0 Å². The summed E-state index contributed by atoms with van der Waals surface area (Å²) in [6, 6.07) is 10.0. The van der Waals surface area contributed by atoms with Crippen LogP contribution >= 0.6 is 0 Å². The average Bonchev–Trinajstić information content (AvgIpc) is 2.29. The maximum absolute atomic E-state index is 12.0. The molecule has 1 nitrogen and oxygen atoms in total. The van der Waals surface area contributed by atoms with Crippen LogP contribution < -0.4 is 0 Å². The Morgan fingerprint density at radius 2 is 1.88 bits per heavy atom. The molecule has 1 aliphatic rings. The van der Waals surface area contributed by atoms with E-state index in [0.29, 0.717) is 0 Å². The minimum atomic E-state index is -0.0591. The van der Waals surface area contributed by atoms with Gasteiger partial charge in [0.1, 0.15) is 0 Å². The van der Waals surface area contributed by atoms with Crippen molar-refractivity contribution in [3.05, 3.63) is 59.2 Å². The summed E-state index contributed by atoms with van der Waals surface area (Å²) in [4.78, 5) is 12.0. The zero-order valence-corrected chi connectivity index (χ0v) is 9.73. The summed E-state index contributed by atoms with van der Waals surface area (Å²) in [5.41, 5.74) is 3.61. The van der Waals surface area contributed by atoms with Crippen LogP contribution in [0.5, 0.6) is 0 Å². The summed E-state index contributed by atoms with van der Waals surface area (Å²) in [5.74, 6) is 0.143. The summed E-state index contributed by atoms with van der Waals surface area (Å²) in [6.45, 7) is 4.16. The second kappa shape index (κ2) is 4.48. The van der Waals surface area contributed by atoms with E-state index in [0.717, 1.165) is 12.0 Å². The van der Waals surface area contributed by atoms with Crippen LogP contribution in [-0.4, -0.2) is 5.78 Å². The van der Waals surface area contributed by atoms with E-state index in [-0.39, 0.29) is 11.7 Å². The average molecular weight is 212 g/mol. The number of allylic oxidation sites excluding steroid dienone is 4. The predicted octanol–water partition coefficient (Wildman–Crippen LogP) is 3.64. The molecule has 2 rings (SSSR count). The first-order valence-corrected chi connectivity index (χ1v) is 5.61. The zero-order chi connectivity index (χ0) is 11.5. The number of rotatable bonds is 1. The van der Waals surface area contributed by atoms with E-state index in [1.807, 2.05) is 36.4 Å². The normalized spacial score (nSPS) is 20.0. The molecular weight excluding hydrogens is 196 g/mol. The van der Waals surface area contributed by atoms with Crippen LogP contribution in [0.1, 0.15) is 31.7 Å². The SMILES string of the molecule is CC(C)=C1CC=CC(=O)C1c1ccccc1. The van der Waals surface area contributed by atoms with Gasteiger partial charge in [0.25, 0.3) is 0 Å². The molecule has 1 aliphatic carbocycles. The van der Waals surface area contributed by atoms with Gasteiger partial charge in [-0.05, 0) is 31.9 Å². The lowest BCUT2D eigenvalue weighted by Gasteiger charge is -2.22. The van der Waals surface area contributed by atoms with Crippen molar-refractivity contribution in [3.8, 4) is 0 Å². The molecule has 1 unspecified atom stereocenters. The van der Waals surface area contributed by atoms with Gasteiger partial charge in [-0.25, -0.2) is 0 Å². The molecule has 0 saturated carbocycles. The Morgan fingerprint density at radius 3 is 2.50 bits per heavy atom. The lowest BCUT2D eigenvalue weighted by molar-refractivity contribution is -0.115. The Hall–Kier alpha value is -1.63. The van der Waals surface area contributed by atoms with Gasteiger partial charge in [0.05, 0.1) is 5.92 Å². The van der Waals surface area contributed by atoms with Gasteiger partial charge >= 0.3 is 0 Å². The van der Waals surface area contributed by atoms with Gasteiger partial charge in [-0.15, -0.1) is 0 Å². The largest absolute Gasteiger partial charge is 0.294 e. The standard InChI is InChI=1S/C15H16O/c1-11(2)13-9-6-10-14(16)15(13)12-7-4-3-5-8-12/h3-8,10,15H,9H2,1-2H3. The minimum absolute atomic E-state index is 0.0591. The quantitative estimate of drug-likeness (QED) is 0.649. The molecule has 16 heavy (non-hydrogen) atoms. The highest BCUT2D eigenvalue weighted by Crippen LogP contribution is 2.33. The van der Waals surface area contributed by atoms with Crippen molar-refractivity contribution < 1.29 is 4.79 Å². The first-order chi connectivity index (χ1) is 7.70. The molecule has 1 atom stereocenters. The fraction of sp³-hybridized carbons (Fsp3) is 0.267. The van der Waals surface area contributed by atoms with Crippen LogP contribution in [-0.2, 0) is 4.79 Å². The maximum atomic E-state index is 12.0. The van der Waals surface area contributed by atoms with Crippen molar-refractivity contribution in [3.63, 3.8) is 0 Å². The van der Waals surface area contributed by atoms with Crippen LogP contribution in [0.3, 0.4) is 0 Å². The molecule has 0 amide bonds. The van der Waals surface area contributed by atoms with Gasteiger partial charge in [-0.2, -0.15) is 0 Å². The molecule has 1 aromatic carbocycles. The third-order valence-corrected chi connectivity index (χ3v) is 3.03. The molecule has 1 aromatic rings. The number of ketones is 1. The third kappa shape index (κ3) is 1.99. The molecule has 0 saturated heterocycles. The first-order valence-electron chi connectivity index (χ1n) is 5.61. The van der Waals surface area contributed by atoms with E-state index in [2.05, 4.69) is 13.8 Å². The molecule has 0 heterocycles. The van der Waals surface area contributed by atoms with Crippen molar-refractivity contribution >= 4 is 5.78 Å². The lowest BCUT2D eigenvalue weighted by Crippen LogP contribution is -2.16. The Balaban J connectivity index is 2.48. The van der Waals surface area contributed by atoms with Crippen molar-refractivity contribution in [2.24, 2.45) is 0 Å². The second-order valence-electron chi connectivity index (χ2n) is 4.38. The van der Waals surface area contributed by atoms with Crippen molar-refractivity contribution in [2.45, 2.75) is 26.2 Å². The monoisotopic (exact) mass is 212 g/mol. The van der Waals surface area contributed by atoms with Gasteiger partial charge in [0, 0.05) is 0 Å². The zero-order valence-electron chi connectivity index (χ0n) is 9.73. The fourth-order valence-corrected chi connectivity index (χ4v) is 2.19. The minimum Gasteiger partial charge on any atom is -0.294 e. The summed E-state index contributed by atoms with van der Waals surface area (Å²) in [6.07, 6.45) is 4.57. The first kappa shape index (κ1) is 10.9. The van der Waals surface area contributed by atoms with Gasteiger partial charge in [-0.1, -0.05) is 47.6 Å². The summed E-state index contributed by atoms with van der Waals surface area (Å²) in [5, 5.41) is 0. The van der Waals surface area contributed by atoms with E-state index >= 15 is 0 Å². The molecule has 0 fully saturated rings. The summed E-state index contributed by atoms with van der Waals surface area (Å²) in [7, 11) is 0. The molecule has 0 radical (unpaired) electrons. The molecule has 82 valence electrons. The van der Waals surface area contributed by atoms with E-state index in [1.54, 1.807) is 6.08 Å². The second-order valence-corrected chi connectivity index (χ2v) is 4.38. The van der Waals surface area contributed by atoms with E-state index in [9.17, 15) is 4.79 Å². The number of benzene rings is 1. The molecule has 0 aliphatic heterocycles. The summed E-state index contributed by atoms with van der Waals surface area (Å²) < 4.78 is 0. The van der Waals surface area contributed by atoms with Crippen molar-refractivity contribution in [2.75, 3.05) is 0 Å². The Bertz CT molecular complexity index is 448.